The van der Waals surface area contributed by atoms with Gasteiger partial charge in [0, 0.05) is 18.0 Å². The molecule has 1 aromatic heterocycles. The summed E-state index contributed by atoms with van der Waals surface area (Å²) < 4.78 is 11.2. The molecule has 2 aromatic rings. The van der Waals surface area contributed by atoms with Crippen LogP contribution in [-0.2, 0) is 13.2 Å². The lowest BCUT2D eigenvalue weighted by molar-refractivity contribution is 0.285. The van der Waals surface area contributed by atoms with Gasteiger partial charge in [-0.05, 0) is 42.1 Å². The fraction of sp³-hybridized carbons (Fsp3) is 0.375. The molecule has 2 N–H and O–H groups in total. The molecule has 1 heterocycles. The fourth-order valence-corrected chi connectivity index (χ4v) is 2.54. The Morgan fingerprint density at radius 3 is 2.86 bits per heavy atom. The van der Waals surface area contributed by atoms with E-state index < -0.39 is 0 Å². The van der Waals surface area contributed by atoms with E-state index in [9.17, 15) is 0 Å². The van der Waals surface area contributed by atoms with Crippen molar-refractivity contribution in [3.8, 4) is 11.5 Å². The van der Waals surface area contributed by atoms with E-state index in [1.807, 2.05) is 29.6 Å². The summed E-state index contributed by atoms with van der Waals surface area (Å²) in [5.74, 6) is 1.50. The molecule has 0 spiro atoms. The fourth-order valence-electron chi connectivity index (χ4n) is 1.92. The van der Waals surface area contributed by atoms with Crippen molar-refractivity contribution in [1.29, 1.82) is 0 Å². The maximum Gasteiger partial charge on any atom is 0.161 e. The van der Waals surface area contributed by atoms with Crippen molar-refractivity contribution in [1.82, 2.24) is 5.32 Å². The third kappa shape index (κ3) is 5.04. The van der Waals surface area contributed by atoms with Crippen LogP contribution in [0.1, 0.15) is 16.9 Å². The van der Waals surface area contributed by atoms with Gasteiger partial charge in [0.15, 0.2) is 11.5 Å². The number of hydrogen-bond acceptors (Lipinski definition) is 5. The first-order valence-electron chi connectivity index (χ1n) is 6.97. The van der Waals surface area contributed by atoms with Gasteiger partial charge in [-0.15, -0.1) is 11.3 Å². The van der Waals surface area contributed by atoms with Crippen LogP contribution in [0.3, 0.4) is 0 Å². The molecule has 0 bridgehead atoms. The Morgan fingerprint density at radius 2 is 2.14 bits per heavy atom. The van der Waals surface area contributed by atoms with Gasteiger partial charge in [0.25, 0.3) is 0 Å². The van der Waals surface area contributed by atoms with E-state index in [1.54, 1.807) is 18.4 Å². The number of methoxy groups -OCH3 is 1. The molecule has 0 aliphatic carbocycles. The van der Waals surface area contributed by atoms with Crippen molar-refractivity contribution < 1.29 is 14.6 Å². The summed E-state index contributed by atoms with van der Waals surface area (Å²) in [6, 6.07) is 10.0. The van der Waals surface area contributed by atoms with Crippen LogP contribution < -0.4 is 14.8 Å². The van der Waals surface area contributed by atoms with E-state index in [1.165, 1.54) is 4.88 Å². The van der Waals surface area contributed by atoms with Gasteiger partial charge in [-0.2, -0.15) is 0 Å². The summed E-state index contributed by atoms with van der Waals surface area (Å²) in [7, 11) is 1.65. The summed E-state index contributed by atoms with van der Waals surface area (Å²) in [6.07, 6.45) is 0.763. The van der Waals surface area contributed by atoms with Crippen LogP contribution >= 0.6 is 11.3 Å². The van der Waals surface area contributed by atoms with Crippen LogP contribution in [0.5, 0.6) is 11.5 Å². The largest absolute Gasteiger partial charge is 0.493 e. The molecule has 0 atom stereocenters. The smallest absolute Gasteiger partial charge is 0.161 e. The monoisotopic (exact) mass is 307 g/mol. The van der Waals surface area contributed by atoms with Crippen molar-refractivity contribution >= 4 is 11.3 Å². The number of thiophene rings is 1. The zero-order valence-corrected chi connectivity index (χ0v) is 13.0. The molecule has 1 aromatic carbocycles. The minimum Gasteiger partial charge on any atom is -0.493 e. The van der Waals surface area contributed by atoms with E-state index in [0.717, 1.165) is 36.6 Å². The Labute approximate surface area is 129 Å². The molecule has 0 radical (unpaired) electrons. The predicted octanol–water partition coefficient (Wildman–Crippen LogP) is 2.81. The molecule has 0 aliphatic heterocycles. The van der Waals surface area contributed by atoms with Crippen molar-refractivity contribution in [3.05, 3.63) is 46.2 Å². The molecule has 4 nitrogen and oxygen atoms in total. The van der Waals surface area contributed by atoms with Gasteiger partial charge in [-0.1, -0.05) is 12.1 Å². The number of ether oxygens (including phenoxy) is 2. The lowest BCUT2D eigenvalue weighted by Gasteiger charge is -2.12. The van der Waals surface area contributed by atoms with Gasteiger partial charge < -0.3 is 19.9 Å². The Kier molecular flexibility index (Phi) is 6.53. The van der Waals surface area contributed by atoms with E-state index in [2.05, 4.69) is 11.4 Å². The van der Waals surface area contributed by atoms with Crippen molar-refractivity contribution in [2.45, 2.75) is 19.6 Å². The molecule has 5 heteroatoms. The van der Waals surface area contributed by atoms with Gasteiger partial charge >= 0.3 is 0 Å². The topological polar surface area (TPSA) is 50.7 Å². The summed E-state index contributed by atoms with van der Waals surface area (Å²) in [4.78, 5) is 1.19. The maximum absolute atomic E-state index is 8.74. The van der Waals surface area contributed by atoms with Crippen LogP contribution in [0.15, 0.2) is 35.7 Å². The van der Waals surface area contributed by atoms with E-state index in [4.69, 9.17) is 14.6 Å². The summed E-state index contributed by atoms with van der Waals surface area (Å²) in [6.45, 7) is 2.32. The first-order valence-corrected chi connectivity index (χ1v) is 7.85. The quantitative estimate of drug-likeness (QED) is 0.700. The lowest BCUT2D eigenvalue weighted by atomic mass is 10.2. The van der Waals surface area contributed by atoms with E-state index in [0.29, 0.717) is 6.61 Å². The highest BCUT2D eigenvalue weighted by Gasteiger charge is 2.06. The van der Waals surface area contributed by atoms with Crippen molar-refractivity contribution in [3.63, 3.8) is 0 Å². The van der Waals surface area contributed by atoms with E-state index in [-0.39, 0.29) is 6.61 Å². The highest BCUT2D eigenvalue weighted by atomic mass is 32.1. The number of benzene rings is 1. The highest BCUT2D eigenvalue weighted by Crippen LogP contribution is 2.29. The summed E-state index contributed by atoms with van der Waals surface area (Å²) >= 11 is 1.68. The third-order valence-electron chi connectivity index (χ3n) is 3.02. The van der Waals surface area contributed by atoms with Crippen LogP contribution in [0.2, 0.25) is 0 Å². The molecule has 0 fully saturated rings. The SMILES string of the molecule is COc1cc(CNCCCO)ccc1OCc1cccs1. The normalized spacial score (nSPS) is 10.6. The number of rotatable bonds is 9. The molecule has 0 amide bonds. The standard InChI is InChI=1S/C16H21NO3S/c1-19-16-10-13(11-17-7-3-8-18)5-6-15(16)20-12-14-4-2-9-21-14/h2,4-6,9-10,17-18H,3,7-8,11-12H2,1H3. The molecule has 0 saturated heterocycles. The van der Waals surface area contributed by atoms with Crippen LogP contribution in [0.4, 0.5) is 0 Å². The second-order valence-electron chi connectivity index (χ2n) is 4.61. The summed E-state index contributed by atoms with van der Waals surface area (Å²) in [5.41, 5.74) is 1.13. The average molecular weight is 307 g/mol. The van der Waals surface area contributed by atoms with E-state index >= 15 is 0 Å². The molecular weight excluding hydrogens is 286 g/mol. The highest BCUT2D eigenvalue weighted by molar-refractivity contribution is 7.09. The zero-order chi connectivity index (χ0) is 14.9. The third-order valence-corrected chi connectivity index (χ3v) is 3.87. The number of nitrogens with one attached hydrogen (secondary N) is 1. The second kappa shape index (κ2) is 8.67. The van der Waals surface area contributed by atoms with Crippen molar-refractivity contribution in [2.75, 3.05) is 20.3 Å². The van der Waals surface area contributed by atoms with Crippen LogP contribution in [0, 0.1) is 0 Å². The first kappa shape index (κ1) is 15.8. The Balaban J connectivity index is 1.92. The zero-order valence-electron chi connectivity index (χ0n) is 12.2. The van der Waals surface area contributed by atoms with Gasteiger partial charge in [-0.3, -0.25) is 0 Å². The average Bonchev–Trinajstić information content (AvgIpc) is 3.03. The van der Waals surface area contributed by atoms with Crippen LogP contribution in [0.25, 0.3) is 0 Å². The Bertz CT molecular complexity index is 528. The van der Waals surface area contributed by atoms with Crippen LogP contribution in [-0.4, -0.2) is 25.4 Å². The van der Waals surface area contributed by atoms with Gasteiger partial charge in [0.2, 0.25) is 0 Å². The molecular formula is C16H21NO3S. The molecule has 0 aliphatic rings. The van der Waals surface area contributed by atoms with Gasteiger partial charge in [0.1, 0.15) is 6.61 Å². The second-order valence-corrected chi connectivity index (χ2v) is 5.64. The van der Waals surface area contributed by atoms with Gasteiger partial charge in [-0.25, -0.2) is 0 Å². The lowest BCUT2D eigenvalue weighted by Crippen LogP contribution is -2.15. The minimum absolute atomic E-state index is 0.214. The molecule has 0 unspecified atom stereocenters. The summed E-state index contributed by atoms with van der Waals surface area (Å²) in [5, 5.41) is 14.1. The number of aliphatic hydroxyl groups is 1. The predicted molar refractivity (Wildman–Crippen MR) is 85.1 cm³/mol. The number of aliphatic hydroxyl groups excluding tert-OH is 1. The first-order chi connectivity index (χ1) is 10.3. The molecule has 21 heavy (non-hydrogen) atoms. The molecule has 114 valence electrons. The van der Waals surface area contributed by atoms with Crippen molar-refractivity contribution in [2.24, 2.45) is 0 Å². The molecule has 2 rings (SSSR count). The Hall–Kier alpha value is -1.56. The minimum atomic E-state index is 0.214. The number of hydrogen-bond donors (Lipinski definition) is 2. The van der Waals surface area contributed by atoms with Gasteiger partial charge in [0.05, 0.1) is 7.11 Å². The Morgan fingerprint density at radius 1 is 1.24 bits per heavy atom. The molecule has 0 saturated carbocycles. The maximum atomic E-state index is 8.74.